The second kappa shape index (κ2) is 7.53. The van der Waals surface area contributed by atoms with Gasteiger partial charge in [0.25, 0.3) is 0 Å². The molecule has 0 aromatic heterocycles. The SMILES string of the molecule is CC(C)OCC(=O)N(CC(=O)O)Cc1ccccc1. The first-order valence-corrected chi connectivity index (χ1v) is 6.14. The lowest BCUT2D eigenvalue weighted by molar-refractivity contribution is -0.147. The van der Waals surface area contributed by atoms with Crippen LogP contribution in [0.2, 0.25) is 0 Å². The van der Waals surface area contributed by atoms with Gasteiger partial charge in [0.2, 0.25) is 5.91 Å². The lowest BCUT2D eigenvalue weighted by Gasteiger charge is -2.21. The van der Waals surface area contributed by atoms with Gasteiger partial charge >= 0.3 is 5.97 Å². The van der Waals surface area contributed by atoms with Gasteiger partial charge in [-0.2, -0.15) is 0 Å². The van der Waals surface area contributed by atoms with Crippen LogP contribution in [0.4, 0.5) is 0 Å². The largest absolute Gasteiger partial charge is 0.480 e. The van der Waals surface area contributed by atoms with Crippen molar-refractivity contribution in [2.24, 2.45) is 0 Å². The minimum atomic E-state index is -1.03. The molecule has 0 atom stereocenters. The second-order valence-corrected chi connectivity index (χ2v) is 4.49. The summed E-state index contributed by atoms with van der Waals surface area (Å²) in [6.07, 6.45) is -0.0626. The summed E-state index contributed by atoms with van der Waals surface area (Å²) < 4.78 is 5.22. The second-order valence-electron chi connectivity index (χ2n) is 4.49. The first kappa shape index (κ1) is 15.2. The van der Waals surface area contributed by atoms with Crippen LogP contribution in [0.3, 0.4) is 0 Å². The van der Waals surface area contributed by atoms with E-state index < -0.39 is 5.97 Å². The maximum atomic E-state index is 11.9. The highest BCUT2D eigenvalue weighted by Crippen LogP contribution is 2.05. The van der Waals surface area contributed by atoms with Crippen molar-refractivity contribution in [2.75, 3.05) is 13.2 Å². The maximum absolute atomic E-state index is 11.9. The molecule has 0 spiro atoms. The van der Waals surface area contributed by atoms with Crippen molar-refractivity contribution in [1.82, 2.24) is 4.90 Å². The molecule has 0 saturated heterocycles. The summed E-state index contributed by atoms with van der Waals surface area (Å²) in [4.78, 5) is 24.0. The standard InChI is InChI=1S/C14H19NO4/c1-11(2)19-10-13(16)15(9-14(17)18)8-12-6-4-3-5-7-12/h3-7,11H,8-10H2,1-2H3,(H,17,18). The molecule has 0 unspecified atom stereocenters. The molecule has 1 N–H and O–H groups in total. The first-order valence-electron chi connectivity index (χ1n) is 6.14. The Kier molecular flexibility index (Phi) is 6.02. The van der Waals surface area contributed by atoms with Gasteiger partial charge in [-0.05, 0) is 19.4 Å². The van der Waals surface area contributed by atoms with E-state index in [9.17, 15) is 9.59 Å². The van der Waals surface area contributed by atoms with Gasteiger partial charge in [0.05, 0.1) is 6.10 Å². The van der Waals surface area contributed by atoms with Crippen LogP contribution in [0.15, 0.2) is 30.3 Å². The van der Waals surface area contributed by atoms with E-state index in [1.165, 1.54) is 4.90 Å². The van der Waals surface area contributed by atoms with Gasteiger partial charge in [-0.3, -0.25) is 9.59 Å². The van der Waals surface area contributed by atoms with Crippen molar-refractivity contribution < 1.29 is 19.4 Å². The van der Waals surface area contributed by atoms with Gasteiger partial charge in [-0.15, -0.1) is 0 Å². The minimum absolute atomic E-state index is 0.0626. The molecule has 1 amide bonds. The normalized spacial score (nSPS) is 10.5. The highest BCUT2D eigenvalue weighted by molar-refractivity contribution is 5.82. The Morgan fingerprint density at radius 2 is 1.89 bits per heavy atom. The van der Waals surface area contributed by atoms with E-state index in [2.05, 4.69) is 0 Å². The molecule has 0 heterocycles. The predicted octanol–water partition coefficient (Wildman–Crippen LogP) is 1.52. The molecular formula is C14H19NO4. The van der Waals surface area contributed by atoms with E-state index in [-0.39, 0.29) is 31.7 Å². The molecule has 0 fully saturated rings. The van der Waals surface area contributed by atoms with Crippen LogP contribution in [0, 0.1) is 0 Å². The Hall–Kier alpha value is -1.88. The van der Waals surface area contributed by atoms with Crippen molar-refractivity contribution in [3.05, 3.63) is 35.9 Å². The summed E-state index contributed by atoms with van der Waals surface area (Å²) in [5, 5.41) is 8.85. The zero-order chi connectivity index (χ0) is 14.3. The topological polar surface area (TPSA) is 66.8 Å². The molecular weight excluding hydrogens is 246 g/mol. The van der Waals surface area contributed by atoms with Crippen molar-refractivity contribution >= 4 is 11.9 Å². The van der Waals surface area contributed by atoms with Crippen LogP contribution < -0.4 is 0 Å². The summed E-state index contributed by atoms with van der Waals surface area (Å²) in [6.45, 7) is 3.50. The third kappa shape index (κ3) is 6.01. The fraction of sp³-hybridized carbons (Fsp3) is 0.429. The van der Waals surface area contributed by atoms with Gasteiger partial charge in [0, 0.05) is 6.54 Å². The van der Waals surface area contributed by atoms with Crippen LogP contribution in [-0.2, 0) is 20.9 Å². The van der Waals surface area contributed by atoms with Crippen LogP contribution in [0.25, 0.3) is 0 Å². The molecule has 104 valence electrons. The Balaban J connectivity index is 2.66. The minimum Gasteiger partial charge on any atom is -0.480 e. The molecule has 0 aliphatic carbocycles. The van der Waals surface area contributed by atoms with Crippen LogP contribution >= 0.6 is 0 Å². The smallest absolute Gasteiger partial charge is 0.323 e. The van der Waals surface area contributed by atoms with Crippen molar-refractivity contribution in [3.8, 4) is 0 Å². The maximum Gasteiger partial charge on any atom is 0.323 e. The number of carboxylic acid groups (broad SMARTS) is 1. The van der Waals surface area contributed by atoms with Gasteiger partial charge in [0.1, 0.15) is 13.2 Å². The average Bonchev–Trinajstić information content (AvgIpc) is 2.36. The van der Waals surface area contributed by atoms with Crippen LogP contribution in [-0.4, -0.2) is 41.1 Å². The fourth-order valence-corrected chi connectivity index (χ4v) is 1.53. The molecule has 0 aliphatic rings. The van der Waals surface area contributed by atoms with E-state index in [1.807, 2.05) is 44.2 Å². The number of aliphatic carboxylic acids is 1. The molecule has 0 radical (unpaired) electrons. The van der Waals surface area contributed by atoms with E-state index in [4.69, 9.17) is 9.84 Å². The summed E-state index contributed by atoms with van der Waals surface area (Å²) in [5.41, 5.74) is 0.890. The van der Waals surface area contributed by atoms with E-state index in [1.54, 1.807) is 0 Å². The molecule has 1 aromatic rings. The zero-order valence-electron chi connectivity index (χ0n) is 11.2. The third-order valence-corrected chi connectivity index (χ3v) is 2.44. The van der Waals surface area contributed by atoms with E-state index in [0.29, 0.717) is 0 Å². The Bertz CT molecular complexity index is 417. The van der Waals surface area contributed by atoms with Crippen molar-refractivity contribution in [1.29, 1.82) is 0 Å². The predicted molar refractivity (Wildman–Crippen MR) is 70.6 cm³/mol. The molecule has 19 heavy (non-hydrogen) atoms. The molecule has 0 bridgehead atoms. The first-order chi connectivity index (χ1) is 8.99. The van der Waals surface area contributed by atoms with Crippen molar-refractivity contribution in [3.63, 3.8) is 0 Å². The number of carboxylic acids is 1. The third-order valence-electron chi connectivity index (χ3n) is 2.44. The molecule has 1 aromatic carbocycles. The summed E-state index contributed by atoms with van der Waals surface area (Å²) in [6, 6.07) is 9.28. The number of benzene rings is 1. The Morgan fingerprint density at radius 1 is 1.26 bits per heavy atom. The molecule has 0 saturated carbocycles. The quantitative estimate of drug-likeness (QED) is 0.811. The highest BCUT2D eigenvalue weighted by atomic mass is 16.5. The molecule has 5 nitrogen and oxygen atoms in total. The van der Waals surface area contributed by atoms with Gasteiger partial charge in [-0.1, -0.05) is 30.3 Å². The number of amides is 1. The molecule has 0 aliphatic heterocycles. The van der Waals surface area contributed by atoms with Crippen LogP contribution in [0.5, 0.6) is 0 Å². The van der Waals surface area contributed by atoms with Crippen LogP contribution in [0.1, 0.15) is 19.4 Å². The molecule has 5 heteroatoms. The number of carbonyl (C=O) groups is 2. The summed E-state index contributed by atoms with van der Waals surface area (Å²) >= 11 is 0. The Labute approximate surface area is 112 Å². The monoisotopic (exact) mass is 265 g/mol. The fourth-order valence-electron chi connectivity index (χ4n) is 1.53. The molecule has 1 rings (SSSR count). The zero-order valence-corrected chi connectivity index (χ0v) is 11.2. The van der Waals surface area contributed by atoms with E-state index in [0.717, 1.165) is 5.56 Å². The lowest BCUT2D eigenvalue weighted by atomic mass is 10.2. The summed E-state index contributed by atoms with van der Waals surface area (Å²) in [5.74, 6) is -1.35. The highest BCUT2D eigenvalue weighted by Gasteiger charge is 2.17. The average molecular weight is 265 g/mol. The number of nitrogens with zero attached hydrogens (tertiary/aromatic N) is 1. The number of rotatable bonds is 7. The van der Waals surface area contributed by atoms with Gasteiger partial charge < -0.3 is 14.7 Å². The van der Waals surface area contributed by atoms with Gasteiger partial charge in [0.15, 0.2) is 0 Å². The van der Waals surface area contributed by atoms with Crippen molar-refractivity contribution in [2.45, 2.75) is 26.5 Å². The van der Waals surface area contributed by atoms with Gasteiger partial charge in [-0.25, -0.2) is 0 Å². The lowest BCUT2D eigenvalue weighted by Crippen LogP contribution is -2.38. The Morgan fingerprint density at radius 3 is 2.42 bits per heavy atom. The number of ether oxygens (including phenoxy) is 1. The number of hydrogen-bond acceptors (Lipinski definition) is 3. The number of hydrogen-bond donors (Lipinski definition) is 1. The summed E-state index contributed by atoms with van der Waals surface area (Å²) in [7, 11) is 0. The number of carbonyl (C=O) groups excluding carboxylic acids is 1. The van der Waals surface area contributed by atoms with E-state index >= 15 is 0 Å².